The molecule has 2 aliphatic heterocycles. The molecule has 2 N–H and O–H groups in total. The van der Waals surface area contributed by atoms with Gasteiger partial charge in [0.1, 0.15) is 36.6 Å². The molecule has 1 aliphatic carbocycles. The number of nitrogens with one attached hydrogen (secondary N) is 2. The first-order chi connectivity index (χ1) is 21.7. The van der Waals surface area contributed by atoms with Crippen LogP contribution in [-0.2, 0) is 42.8 Å². The molecule has 3 aliphatic rings. The molecule has 0 aromatic heterocycles. The molecule has 2 aromatic rings. The van der Waals surface area contributed by atoms with Crippen LogP contribution in [0.4, 0.5) is 4.79 Å². The van der Waals surface area contributed by atoms with Crippen LogP contribution in [0.1, 0.15) is 65.5 Å². The zero-order valence-corrected chi connectivity index (χ0v) is 27.1. The van der Waals surface area contributed by atoms with Gasteiger partial charge in [0.05, 0.1) is 6.10 Å². The van der Waals surface area contributed by atoms with Crippen LogP contribution < -0.4 is 10.6 Å². The van der Waals surface area contributed by atoms with Gasteiger partial charge >= 0.3 is 12.1 Å². The molecule has 7 atom stereocenters. The van der Waals surface area contributed by atoms with Crippen molar-refractivity contribution < 1.29 is 47.6 Å². The topological polar surface area (TPSA) is 148 Å². The molecule has 46 heavy (non-hydrogen) atoms. The highest BCUT2D eigenvalue weighted by Crippen LogP contribution is 2.44. The molecule has 0 bridgehead atoms. The largest absolute Gasteiger partial charge is 0.458 e. The maximum absolute atomic E-state index is 13.4. The predicted molar refractivity (Wildman–Crippen MR) is 165 cm³/mol. The average Bonchev–Trinajstić information content (AvgIpc) is 3.48. The van der Waals surface area contributed by atoms with Gasteiger partial charge in [0.2, 0.25) is 5.91 Å². The molecule has 2 heterocycles. The van der Waals surface area contributed by atoms with Crippen LogP contribution in [0, 0.1) is 0 Å². The molecule has 2 fully saturated rings. The Bertz CT molecular complexity index is 1420. The van der Waals surface area contributed by atoms with Crippen LogP contribution in [0.15, 0.2) is 48.5 Å². The summed E-state index contributed by atoms with van der Waals surface area (Å²) in [5, 5.41) is 5.38. The number of hydrogen-bond acceptors (Lipinski definition) is 10. The molecule has 12 heteroatoms. The van der Waals surface area contributed by atoms with E-state index in [0.29, 0.717) is 6.29 Å². The molecule has 248 valence electrons. The number of amides is 2. The summed E-state index contributed by atoms with van der Waals surface area (Å²) in [6, 6.07) is 13.7. The van der Waals surface area contributed by atoms with Gasteiger partial charge in [0.15, 0.2) is 24.4 Å². The van der Waals surface area contributed by atoms with Crippen molar-refractivity contribution >= 4 is 24.3 Å². The molecule has 0 unspecified atom stereocenters. The first-order valence-corrected chi connectivity index (χ1v) is 15.4. The number of benzene rings is 2. The van der Waals surface area contributed by atoms with Crippen LogP contribution in [0.3, 0.4) is 0 Å². The number of carbonyl (C=O) groups is 4. The smallest absolute Gasteiger partial charge is 0.407 e. The van der Waals surface area contributed by atoms with Gasteiger partial charge in [-0.05, 0) is 63.8 Å². The second-order valence-electron chi connectivity index (χ2n) is 13.2. The van der Waals surface area contributed by atoms with E-state index in [1.807, 2.05) is 48.5 Å². The van der Waals surface area contributed by atoms with Crippen molar-refractivity contribution in [3.63, 3.8) is 0 Å². The first-order valence-electron chi connectivity index (χ1n) is 15.4. The van der Waals surface area contributed by atoms with Crippen molar-refractivity contribution in [1.82, 2.24) is 10.6 Å². The summed E-state index contributed by atoms with van der Waals surface area (Å²) in [6.45, 7) is 11.4. The summed E-state index contributed by atoms with van der Waals surface area (Å²) in [7, 11) is 0. The molecule has 0 radical (unpaired) electrons. The Morgan fingerprint density at radius 2 is 1.57 bits per heavy atom. The Morgan fingerprint density at radius 1 is 0.978 bits per heavy atom. The van der Waals surface area contributed by atoms with Gasteiger partial charge in [0.25, 0.3) is 0 Å². The summed E-state index contributed by atoms with van der Waals surface area (Å²) in [5.41, 5.74) is 3.36. The quantitative estimate of drug-likeness (QED) is 0.309. The van der Waals surface area contributed by atoms with E-state index in [2.05, 4.69) is 10.6 Å². The Labute approximate surface area is 268 Å². The third kappa shape index (κ3) is 7.25. The number of esters is 1. The molecule has 0 saturated carbocycles. The summed E-state index contributed by atoms with van der Waals surface area (Å²) in [4.78, 5) is 50.9. The van der Waals surface area contributed by atoms with Crippen molar-refractivity contribution in [2.45, 2.75) is 109 Å². The number of alkyl carbamates (subject to hydrolysis) is 1. The van der Waals surface area contributed by atoms with Gasteiger partial charge in [-0.15, -0.1) is 0 Å². The lowest BCUT2D eigenvalue weighted by Crippen LogP contribution is -2.64. The fourth-order valence-corrected chi connectivity index (χ4v) is 6.22. The number of ether oxygens (including phenoxy) is 6. The van der Waals surface area contributed by atoms with E-state index in [9.17, 15) is 19.2 Å². The maximum Gasteiger partial charge on any atom is 0.407 e. The van der Waals surface area contributed by atoms with Crippen molar-refractivity contribution in [2.24, 2.45) is 0 Å². The Kier molecular flexibility index (Phi) is 9.55. The molecule has 5 rings (SSSR count). The zero-order chi connectivity index (χ0) is 33.4. The van der Waals surface area contributed by atoms with E-state index in [0.717, 1.165) is 22.3 Å². The van der Waals surface area contributed by atoms with Gasteiger partial charge in [-0.3, -0.25) is 4.79 Å². The minimum atomic E-state index is -1.35. The molecule has 0 spiro atoms. The molecule has 2 aromatic carbocycles. The maximum atomic E-state index is 13.4. The zero-order valence-electron chi connectivity index (χ0n) is 27.1. The van der Waals surface area contributed by atoms with E-state index >= 15 is 0 Å². The number of aldehydes is 1. The second kappa shape index (κ2) is 13.1. The predicted octanol–water partition coefficient (Wildman–Crippen LogP) is 3.59. The molecule has 2 amide bonds. The molecular weight excluding hydrogens is 596 g/mol. The Hall–Kier alpha value is -3.84. The normalized spacial score (nSPS) is 26.1. The van der Waals surface area contributed by atoms with Crippen LogP contribution >= 0.6 is 0 Å². The van der Waals surface area contributed by atoms with E-state index in [4.69, 9.17) is 28.4 Å². The fourth-order valence-electron chi connectivity index (χ4n) is 6.22. The minimum absolute atomic E-state index is 0.0314. The van der Waals surface area contributed by atoms with Crippen molar-refractivity contribution in [3.8, 4) is 11.1 Å². The highest BCUT2D eigenvalue weighted by Gasteiger charge is 2.56. The summed E-state index contributed by atoms with van der Waals surface area (Å²) in [6.07, 6.45) is -5.28. The summed E-state index contributed by atoms with van der Waals surface area (Å²) >= 11 is 0. The number of carbonyl (C=O) groups excluding carboxylic acids is 4. The van der Waals surface area contributed by atoms with E-state index < -0.39 is 72.1 Å². The fraction of sp³-hybridized carbons (Fsp3) is 0.529. The van der Waals surface area contributed by atoms with Gasteiger partial charge in [-0.25, -0.2) is 9.59 Å². The van der Waals surface area contributed by atoms with Crippen LogP contribution in [-0.4, -0.2) is 85.0 Å². The molecular formula is C34H42N2O10. The highest BCUT2D eigenvalue weighted by molar-refractivity contribution is 5.83. The van der Waals surface area contributed by atoms with Gasteiger partial charge in [-0.1, -0.05) is 48.5 Å². The Balaban J connectivity index is 1.33. The third-order valence-corrected chi connectivity index (χ3v) is 8.03. The number of hydrogen-bond donors (Lipinski definition) is 2. The average molecular weight is 639 g/mol. The van der Waals surface area contributed by atoms with Crippen LogP contribution in [0.2, 0.25) is 0 Å². The van der Waals surface area contributed by atoms with Crippen molar-refractivity contribution in [1.29, 1.82) is 0 Å². The SMILES string of the molecule is CC(=O)N[C@H]1[C@@H](O[C@H](C)[C@H](NC(=O)OCC2c3ccccc3-c3ccccc32)C(=O)OC(C)(C)C)O[C@H](C=O)[C@@H]2OC(C)(C)O[C@H]12. The lowest BCUT2D eigenvalue weighted by atomic mass is 9.97. The standard InChI is InChI=1S/C34H42N2O10/c1-18(42-31-27(35-19(2)38)29-28(25(16-37)43-31)44-34(6,7)45-29)26(30(39)46-33(3,4)5)36-32(40)41-17-24-22-14-10-8-12-20(22)21-13-9-11-15-23(21)24/h8-16,18,24-29,31H,17H2,1-7H3,(H,35,38)(H,36,40)/t18-,25-,26+,27-,28+,29-,31+/m1/s1. The van der Waals surface area contributed by atoms with Crippen LogP contribution in [0.5, 0.6) is 0 Å². The number of fused-ring (bicyclic) bond motifs is 4. The minimum Gasteiger partial charge on any atom is -0.458 e. The van der Waals surface area contributed by atoms with Crippen molar-refractivity contribution in [2.75, 3.05) is 6.61 Å². The summed E-state index contributed by atoms with van der Waals surface area (Å²) < 4.78 is 35.4. The molecule has 2 saturated heterocycles. The van der Waals surface area contributed by atoms with E-state index in [-0.39, 0.29) is 12.5 Å². The van der Waals surface area contributed by atoms with Gasteiger partial charge in [0, 0.05) is 12.8 Å². The molecule has 12 nitrogen and oxygen atoms in total. The van der Waals surface area contributed by atoms with Gasteiger partial charge in [-0.2, -0.15) is 0 Å². The monoisotopic (exact) mass is 638 g/mol. The number of rotatable bonds is 9. The third-order valence-electron chi connectivity index (χ3n) is 8.03. The lowest BCUT2D eigenvalue weighted by Gasteiger charge is -2.42. The Morgan fingerprint density at radius 3 is 2.13 bits per heavy atom. The first kappa shape index (κ1) is 33.5. The van der Waals surface area contributed by atoms with Crippen molar-refractivity contribution in [3.05, 3.63) is 59.7 Å². The lowest BCUT2D eigenvalue weighted by molar-refractivity contribution is -0.252. The second-order valence-corrected chi connectivity index (χ2v) is 13.2. The summed E-state index contributed by atoms with van der Waals surface area (Å²) in [5.74, 6) is -2.41. The van der Waals surface area contributed by atoms with Gasteiger partial charge < -0.3 is 43.8 Å². The highest BCUT2D eigenvalue weighted by atomic mass is 16.8. The van der Waals surface area contributed by atoms with E-state index in [1.165, 1.54) is 6.92 Å². The van der Waals surface area contributed by atoms with Crippen LogP contribution in [0.25, 0.3) is 11.1 Å². The van der Waals surface area contributed by atoms with E-state index in [1.54, 1.807) is 41.5 Å².